The van der Waals surface area contributed by atoms with Crippen molar-refractivity contribution in [2.75, 3.05) is 17.2 Å². The molecule has 0 saturated heterocycles. The Hall–Kier alpha value is -3.74. The Morgan fingerprint density at radius 1 is 0.969 bits per heavy atom. The molecule has 0 aliphatic carbocycles. The van der Waals surface area contributed by atoms with Crippen LogP contribution in [0.5, 0.6) is 0 Å². The van der Waals surface area contributed by atoms with Crippen LogP contribution in [0.25, 0.3) is 16.6 Å². The third kappa shape index (κ3) is 3.60. The molecule has 0 atom stereocenters. The molecule has 4 nitrogen and oxygen atoms in total. The normalized spacial score (nSPS) is 13.5. The Morgan fingerprint density at radius 3 is 2.62 bits per heavy atom. The zero-order valence-corrected chi connectivity index (χ0v) is 17.0. The van der Waals surface area contributed by atoms with Gasteiger partial charge in [0.1, 0.15) is 5.69 Å². The lowest BCUT2D eigenvalue weighted by molar-refractivity contribution is -0.137. The molecule has 0 fully saturated rings. The molecule has 2 N–H and O–H groups in total. The molecule has 162 valence electrons. The van der Waals surface area contributed by atoms with Crippen LogP contribution >= 0.6 is 0 Å². The maximum atomic E-state index is 13.4. The molecule has 0 radical (unpaired) electrons. The summed E-state index contributed by atoms with van der Waals surface area (Å²) >= 11 is 0. The molecule has 1 amide bonds. The molecule has 0 saturated carbocycles. The van der Waals surface area contributed by atoms with E-state index in [1.165, 1.54) is 6.07 Å². The third-order valence-electron chi connectivity index (χ3n) is 5.70. The van der Waals surface area contributed by atoms with Gasteiger partial charge in [0, 0.05) is 17.6 Å². The van der Waals surface area contributed by atoms with Gasteiger partial charge >= 0.3 is 6.18 Å². The van der Waals surface area contributed by atoms with Crippen LogP contribution in [0.15, 0.2) is 72.8 Å². The number of alkyl halides is 3. The van der Waals surface area contributed by atoms with Gasteiger partial charge in [0.05, 0.1) is 22.5 Å². The van der Waals surface area contributed by atoms with Gasteiger partial charge in [0.15, 0.2) is 0 Å². The smallest absolute Gasteiger partial charge is 0.383 e. The van der Waals surface area contributed by atoms with E-state index in [0.29, 0.717) is 11.2 Å². The maximum Gasteiger partial charge on any atom is 0.416 e. The van der Waals surface area contributed by atoms with Crippen molar-refractivity contribution in [3.8, 4) is 5.69 Å². The first-order valence-electron chi connectivity index (χ1n) is 10.4. The van der Waals surface area contributed by atoms with Gasteiger partial charge in [-0.25, -0.2) is 0 Å². The van der Waals surface area contributed by atoms with Gasteiger partial charge in [0.2, 0.25) is 0 Å². The van der Waals surface area contributed by atoms with Gasteiger partial charge in [-0.1, -0.05) is 36.4 Å². The molecule has 0 unspecified atom stereocenters. The van der Waals surface area contributed by atoms with Crippen LogP contribution in [0, 0.1) is 0 Å². The van der Waals surface area contributed by atoms with E-state index in [9.17, 15) is 18.0 Å². The summed E-state index contributed by atoms with van der Waals surface area (Å²) in [5.74, 6) is -0.389. The lowest BCUT2D eigenvalue weighted by Gasteiger charge is -2.21. The number of fused-ring (bicyclic) bond motifs is 2. The number of halogens is 3. The quantitative estimate of drug-likeness (QED) is 0.399. The summed E-state index contributed by atoms with van der Waals surface area (Å²) < 4.78 is 41.6. The van der Waals surface area contributed by atoms with Crippen molar-refractivity contribution in [3.05, 3.63) is 89.6 Å². The van der Waals surface area contributed by atoms with Crippen molar-refractivity contribution in [2.24, 2.45) is 0 Å². The first-order chi connectivity index (χ1) is 15.4. The van der Waals surface area contributed by atoms with Gasteiger partial charge in [-0.3, -0.25) is 4.79 Å². The molecule has 32 heavy (non-hydrogen) atoms. The minimum atomic E-state index is -4.48. The molecular formula is C25H20F3N3O. The van der Waals surface area contributed by atoms with Crippen molar-refractivity contribution in [2.45, 2.75) is 19.0 Å². The van der Waals surface area contributed by atoms with Crippen LogP contribution in [-0.4, -0.2) is 17.0 Å². The fraction of sp³-hybridized carbons (Fsp3) is 0.160. The fourth-order valence-corrected chi connectivity index (χ4v) is 4.22. The second kappa shape index (κ2) is 7.75. The Morgan fingerprint density at radius 2 is 1.78 bits per heavy atom. The highest BCUT2D eigenvalue weighted by Crippen LogP contribution is 2.34. The van der Waals surface area contributed by atoms with Crippen LogP contribution in [0.1, 0.15) is 28.0 Å². The molecule has 5 rings (SSSR count). The molecule has 0 bridgehead atoms. The van der Waals surface area contributed by atoms with Crippen molar-refractivity contribution in [1.82, 2.24) is 4.57 Å². The number of carbonyl (C=O) groups excluding carboxylic acids is 1. The Balaban J connectivity index is 1.61. The summed E-state index contributed by atoms with van der Waals surface area (Å²) in [6.07, 6.45) is -2.53. The minimum Gasteiger partial charge on any atom is -0.383 e. The summed E-state index contributed by atoms with van der Waals surface area (Å²) in [5, 5.41) is 7.06. The second-order valence-corrected chi connectivity index (χ2v) is 7.80. The van der Waals surface area contributed by atoms with Crippen LogP contribution in [-0.2, 0) is 12.6 Å². The predicted octanol–water partition coefficient (Wildman–Crippen LogP) is 6.26. The van der Waals surface area contributed by atoms with E-state index in [1.807, 2.05) is 30.3 Å². The van der Waals surface area contributed by atoms with E-state index in [1.54, 1.807) is 28.8 Å². The lowest BCUT2D eigenvalue weighted by atomic mass is 10.0. The first-order valence-corrected chi connectivity index (χ1v) is 10.4. The van der Waals surface area contributed by atoms with Crippen molar-refractivity contribution < 1.29 is 18.0 Å². The number of hydrogen-bond donors (Lipinski definition) is 2. The molecule has 4 aromatic rings. The Kier molecular flexibility index (Phi) is 4.89. The molecule has 7 heteroatoms. The first kappa shape index (κ1) is 20.2. The van der Waals surface area contributed by atoms with Crippen molar-refractivity contribution in [1.29, 1.82) is 0 Å². The number of aryl methyl sites for hydroxylation is 1. The molecule has 1 aliphatic rings. The number of para-hydroxylation sites is 2. The third-order valence-corrected chi connectivity index (χ3v) is 5.70. The molecule has 0 spiro atoms. The molecule has 3 aromatic carbocycles. The summed E-state index contributed by atoms with van der Waals surface area (Å²) in [6.45, 7) is 0.824. The lowest BCUT2D eigenvalue weighted by Crippen LogP contribution is -2.19. The summed E-state index contributed by atoms with van der Waals surface area (Å²) in [7, 11) is 0. The molecule has 2 heterocycles. The SMILES string of the molecule is O=C(Nc1cccc2c1NCCC2)c1cc2ccccc2n1-c1cccc(C(F)(F)F)c1. The van der Waals surface area contributed by atoms with E-state index in [2.05, 4.69) is 10.6 Å². The molecule has 1 aromatic heterocycles. The number of anilines is 2. The number of rotatable bonds is 3. The summed E-state index contributed by atoms with van der Waals surface area (Å²) in [5.41, 5.74) is 3.12. The van der Waals surface area contributed by atoms with Crippen molar-refractivity contribution >= 4 is 28.2 Å². The zero-order valence-electron chi connectivity index (χ0n) is 17.0. The van der Waals surface area contributed by atoms with E-state index >= 15 is 0 Å². The van der Waals surface area contributed by atoms with Gasteiger partial charge in [-0.15, -0.1) is 0 Å². The Labute approximate surface area is 182 Å². The van der Waals surface area contributed by atoms with E-state index < -0.39 is 11.7 Å². The summed E-state index contributed by atoms with van der Waals surface area (Å²) in [6, 6.07) is 19.7. The Bertz CT molecular complexity index is 1320. The van der Waals surface area contributed by atoms with Gasteiger partial charge in [0.25, 0.3) is 5.91 Å². The number of hydrogen-bond acceptors (Lipinski definition) is 2. The molecular weight excluding hydrogens is 415 g/mol. The van der Waals surface area contributed by atoms with Gasteiger partial charge in [-0.05, 0) is 54.8 Å². The second-order valence-electron chi connectivity index (χ2n) is 7.80. The highest BCUT2D eigenvalue weighted by atomic mass is 19.4. The average Bonchev–Trinajstić information content (AvgIpc) is 3.19. The highest BCUT2D eigenvalue weighted by Gasteiger charge is 2.31. The number of benzene rings is 3. The van der Waals surface area contributed by atoms with Crippen LogP contribution < -0.4 is 10.6 Å². The standard InChI is InChI=1S/C25H20F3N3O/c26-25(27,28)18-9-4-10-19(15-18)31-21-12-2-1-6-17(21)14-22(31)24(32)30-20-11-3-7-16-8-5-13-29-23(16)20/h1-4,6-7,9-12,14-15,29H,5,8,13H2,(H,30,32). The maximum absolute atomic E-state index is 13.4. The van der Waals surface area contributed by atoms with E-state index in [0.717, 1.165) is 48.2 Å². The number of nitrogens with one attached hydrogen (secondary N) is 2. The number of carbonyl (C=O) groups is 1. The van der Waals surface area contributed by atoms with Gasteiger partial charge in [-0.2, -0.15) is 13.2 Å². The van der Waals surface area contributed by atoms with E-state index in [-0.39, 0.29) is 17.3 Å². The topological polar surface area (TPSA) is 46.1 Å². The molecule has 1 aliphatic heterocycles. The highest BCUT2D eigenvalue weighted by molar-refractivity contribution is 6.08. The minimum absolute atomic E-state index is 0.263. The van der Waals surface area contributed by atoms with Crippen LogP contribution in [0.2, 0.25) is 0 Å². The summed E-state index contributed by atoms with van der Waals surface area (Å²) in [4.78, 5) is 13.4. The van der Waals surface area contributed by atoms with Crippen molar-refractivity contribution in [3.63, 3.8) is 0 Å². The predicted molar refractivity (Wildman–Crippen MR) is 119 cm³/mol. The number of aromatic nitrogens is 1. The monoisotopic (exact) mass is 435 g/mol. The van der Waals surface area contributed by atoms with E-state index in [4.69, 9.17) is 0 Å². The van der Waals surface area contributed by atoms with Crippen LogP contribution in [0.3, 0.4) is 0 Å². The zero-order chi connectivity index (χ0) is 22.3. The number of nitrogens with zero attached hydrogens (tertiary/aromatic N) is 1. The van der Waals surface area contributed by atoms with Crippen LogP contribution in [0.4, 0.5) is 24.5 Å². The fourth-order valence-electron chi connectivity index (χ4n) is 4.22. The largest absolute Gasteiger partial charge is 0.416 e. The number of amides is 1. The average molecular weight is 435 g/mol. The van der Waals surface area contributed by atoms with Gasteiger partial charge < -0.3 is 15.2 Å².